The van der Waals surface area contributed by atoms with E-state index in [9.17, 15) is 0 Å². The first-order chi connectivity index (χ1) is 1.73. The summed E-state index contributed by atoms with van der Waals surface area (Å²) in [5.41, 5.74) is 0. The molecule has 0 aromatic carbocycles. The average molecular weight is 162 g/mol. The molecular formula is HKNa2O3Si. The molecule has 0 fully saturated rings. The Hall–Kier alpha value is 3.25. The number of rotatable bonds is 0. The second-order valence-corrected chi connectivity index (χ2v) is 0.750. The molecule has 0 heterocycles. The maximum atomic E-state index is 8.52. The molecule has 7 heavy (non-hydrogen) atoms. The van der Waals surface area contributed by atoms with E-state index in [-0.39, 0.29) is 110 Å². The first kappa shape index (κ1) is 22.5. The Morgan fingerprint density at radius 2 is 1.14 bits per heavy atom. The van der Waals surface area contributed by atoms with Crippen molar-refractivity contribution in [1.82, 2.24) is 0 Å². The van der Waals surface area contributed by atoms with E-state index in [0.29, 0.717) is 0 Å². The van der Waals surface area contributed by atoms with Crippen molar-refractivity contribution >= 4 is 60.6 Å². The molecule has 0 saturated carbocycles. The topological polar surface area (TPSA) is 63.2 Å². The fourth-order valence-electron chi connectivity index (χ4n) is 0. The smallest absolute Gasteiger partial charge is 1.00 e. The molecule has 0 saturated heterocycles. The Bertz CT molecular complexity index is 35.9. The van der Waals surface area contributed by atoms with E-state index in [1.54, 1.807) is 0 Å². The van der Waals surface area contributed by atoms with Crippen LogP contribution in [-0.4, -0.2) is 60.6 Å². The number of hydrogen-bond donors (Lipinski definition) is 0. The van der Waals surface area contributed by atoms with Crippen LogP contribution in [0.25, 0.3) is 0 Å². The summed E-state index contributed by atoms with van der Waals surface area (Å²) in [6, 6.07) is 0. The number of hydrogen-bond acceptors (Lipinski definition) is 3. The van der Waals surface area contributed by atoms with Crippen molar-refractivity contribution in [3.8, 4) is 0 Å². The van der Waals surface area contributed by atoms with Crippen molar-refractivity contribution < 1.29 is 73.2 Å². The summed E-state index contributed by atoms with van der Waals surface area (Å²) >= 11 is 0. The average Bonchev–Trinajstić information content (AvgIpc) is 0.811. The fraction of sp³-hybridized carbons (Fsp3) is 0. The zero-order valence-electron chi connectivity index (χ0n) is 3.72. The van der Waals surface area contributed by atoms with Gasteiger partial charge in [0.15, 0.2) is 0 Å². The van der Waals surface area contributed by atoms with Gasteiger partial charge in [-0.3, -0.25) is 0 Å². The van der Waals surface area contributed by atoms with E-state index in [2.05, 4.69) is 0 Å². The molecule has 0 aromatic heterocycles. The van der Waals surface area contributed by atoms with Crippen LogP contribution < -0.4 is 68.7 Å². The normalized spacial score (nSPS) is 3.43. The van der Waals surface area contributed by atoms with Gasteiger partial charge in [-0.15, -0.1) is 0 Å². The molecule has 0 N–H and O–H groups in total. The monoisotopic (exact) mass is 162 g/mol. The summed E-state index contributed by atoms with van der Waals surface area (Å²) in [7, 11) is -3.63. The molecule has 0 amide bonds. The van der Waals surface area contributed by atoms with Gasteiger partial charge in [0, 0.05) is 9.17 Å². The van der Waals surface area contributed by atoms with Crippen molar-refractivity contribution in [1.29, 1.82) is 0 Å². The Labute approximate surface area is 130 Å². The molecular weight excluding hydrogens is 161 g/mol. The van der Waals surface area contributed by atoms with Crippen LogP contribution in [0.5, 0.6) is 0 Å². The van der Waals surface area contributed by atoms with Gasteiger partial charge in [-0.25, -0.2) is 0 Å². The third-order valence-electron chi connectivity index (χ3n) is 0. The quantitative estimate of drug-likeness (QED) is 0.332. The van der Waals surface area contributed by atoms with Gasteiger partial charge in [-0.1, -0.05) is 0 Å². The van der Waals surface area contributed by atoms with Gasteiger partial charge in [-0.2, -0.15) is 0 Å². The first-order valence-electron chi connectivity index (χ1n) is 0.612. The van der Waals surface area contributed by atoms with E-state index in [1.165, 1.54) is 0 Å². The van der Waals surface area contributed by atoms with E-state index in [0.717, 1.165) is 0 Å². The molecule has 0 aliphatic heterocycles. The summed E-state index contributed by atoms with van der Waals surface area (Å²) in [5.74, 6) is 0. The molecule has 0 atom stereocenters. The minimum absolute atomic E-state index is 0. The van der Waals surface area contributed by atoms with Crippen molar-refractivity contribution in [2.24, 2.45) is 0 Å². The third-order valence-corrected chi connectivity index (χ3v) is 0. The van der Waals surface area contributed by atoms with E-state index in [4.69, 9.17) is 14.1 Å². The SMILES string of the molecule is O=[Si]([O-])[O-].[KH].[Na+].[Na+]. The summed E-state index contributed by atoms with van der Waals surface area (Å²) in [4.78, 5) is 17.0. The maximum Gasteiger partial charge on any atom is 1.00 e. The van der Waals surface area contributed by atoms with Gasteiger partial charge in [0.05, 0.1) is 0 Å². The van der Waals surface area contributed by atoms with Crippen molar-refractivity contribution in [3.05, 3.63) is 0 Å². The van der Waals surface area contributed by atoms with E-state index < -0.39 is 9.17 Å². The largest absolute Gasteiger partial charge is 1.00 e. The third kappa shape index (κ3) is 46.0. The van der Waals surface area contributed by atoms with Crippen LogP contribution in [0.1, 0.15) is 0 Å². The van der Waals surface area contributed by atoms with Crippen LogP contribution in [0.4, 0.5) is 0 Å². The van der Waals surface area contributed by atoms with Crippen molar-refractivity contribution in [2.75, 3.05) is 0 Å². The maximum absolute atomic E-state index is 8.52. The molecule has 0 aromatic rings. The van der Waals surface area contributed by atoms with Crippen LogP contribution in [0.2, 0.25) is 0 Å². The zero-order valence-corrected chi connectivity index (χ0v) is 8.72. The van der Waals surface area contributed by atoms with Crippen LogP contribution in [-0.2, 0) is 4.46 Å². The Morgan fingerprint density at radius 1 is 1.14 bits per heavy atom. The van der Waals surface area contributed by atoms with Crippen molar-refractivity contribution in [3.63, 3.8) is 0 Å². The molecule has 0 rings (SSSR count). The van der Waals surface area contributed by atoms with E-state index in [1.807, 2.05) is 0 Å². The molecule has 0 unspecified atom stereocenters. The predicted molar refractivity (Wildman–Crippen MR) is 13.6 cm³/mol. The van der Waals surface area contributed by atoms with Crippen LogP contribution in [0.3, 0.4) is 0 Å². The first-order valence-corrected chi connectivity index (χ1v) is 1.84. The summed E-state index contributed by atoms with van der Waals surface area (Å²) in [6.45, 7) is 0. The Balaban J connectivity index is -0.0000000150. The summed E-state index contributed by atoms with van der Waals surface area (Å²) in [6.07, 6.45) is 0. The molecule has 0 bridgehead atoms. The molecule has 26 valence electrons. The Morgan fingerprint density at radius 3 is 1.14 bits per heavy atom. The zero-order chi connectivity index (χ0) is 3.58. The summed E-state index contributed by atoms with van der Waals surface area (Å²) in [5, 5.41) is 0. The van der Waals surface area contributed by atoms with Crippen LogP contribution >= 0.6 is 0 Å². The molecule has 0 radical (unpaired) electrons. The van der Waals surface area contributed by atoms with Crippen molar-refractivity contribution in [2.45, 2.75) is 0 Å². The van der Waals surface area contributed by atoms with Gasteiger partial charge in [0.1, 0.15) is 0 Å². The molecule has 3 nitrogen and oxygen atoms in total. The molecule has 0 spiro atoms. The molecule has 0 aliphatic carbocycles. The van der Waals surface area contributed by atoms with Crippen LogP contribution in [0, 0.1) is 0 Å². The van der Waals surface area contributed by atoms with Crippen LogP contribution in [0.15, 0.2) is 0 Å². The van der Waals surface area contributed by atoms with Gasteiger partial charge in [0.25, 0.3) is 0 Å². The van der Waals surface area contributed by atoms with Gasteiger partial charge in [-0.05, 0) is 0 Å². The van der Waals surface area contributed by atoms with Gasteiger partial charge >= 0.3 is 110 Å². The minimum atomic E-state index is -3.63. The summed E-state index contributed by atoms with van der Waals surface area (Å²) < 4.78 is 8.52. The standard InChI is InChI=1S/K.2Na.O3Si.H/c;;;1-4(2)3;/q;2*+1;-2;. The van der Waals surface area contributed by atoms with Gasteiger partial charge < -0.3 is 14.1 Å². The molecule has 0 aliphatic rings. The Kier molecular flexibility index (Phi) is 51.7. The van der Waals surface area contributed by atoms with Gasteiger partial charge in [0.2, 0.25) is 0 Å². The second kappa shape index (κ2) is 16.1. The fourth-order valence-corrected chi connectivity index (χ4v) is 0. The second-order valence-electron chi connectivity index (χ2n) is 0.250. The minimum Gasteiger partial charge on any atom is 1.00 e. The van der Waals surface area contributed by atoms with E-state index >= 15 is 0 Å². The molecule has 7 heteroatoms. The predicted octanol–water partition coefficient (Wildman–Crippen LogP) is -9.52.